The number of sulfonamides is 1. The first-order valence-corrected chi connectivity index (χ1v) is 24.8. The van der Waals surface area contributed by atoms with Crippen LogP contribution >= 0.6 is 23.4 Å². The van der Waals surface area contributed by atoms with Gasteiger partial charge >= 0.3 is 5.97 Å². The van der Waals surface area contributed by atoms with Gasteiger partial charge in [0, 0.05) is 28.8 Å². The smallest absolute Gasteiger partial charge is 0.336 e. The van der Waals surface area contributed by atoms with Crippen molar-refractivity contribution in [1.29, 1.82) is 0 Å². The number of aromatic carboxylic acids is 1. The molecule has 2 rings (SSSR count). The Hall–Kier alpha value is -1.54. The summed E-state index contributed by atoms with van der Waals surface area (Å²) in [4.78, 5) is 13.0. The second-order valence-corrected chi connectivity index (χ2v) is 18.9. The average molecular weight is 807 g/mol. The van der Waals surface area contributed by atoms with Crippen molar-refractivity contribution in [1.82, 2.24) is 4.31 Å². The predicted octanol–water partition coefficient (Wildman–Crippen LogP) is 15.3. The Morgan fingerprint density at radius 1 is 0.593 bits per heavy atom. The standard InChI is InChI=1S/C46H76ClNO4S2/c1-3-5-7-9-11-13-15-17-19-21-23-25-27-29-36-48(37-30-28-26-24-22-20-18-16-14-12-10-8-6-4-2)54(51,52)43-34-35-45(44(39-43)46(49)50)53-40-41-32-31-33-42(47)38-41/h31-35,38-39H,3-30,36-37,40H2,1-2H3,(H,49,50). The Labute approximate surface area is 341 Å². The number of rotatable bonds is 36. The van der Waals surface area contributed by atoms with Crippen molar-refractivity contribution < 1.29 is 18.3 Å². The Morgan fingerprint density at radius 3 is 1.39 bits per heavy atom. The number of nitrogens with zero attached hydrogens (tertiary/aromatic N) is 1. The molecule has 0 aliphatic rings. The number of hydrogen-bond acceptors (Lipinski definition) is 4. The van der Waals surface area contributed by atoms with Gasteiger partial charge in [-0.25, -0.2) is 13.2 Å². The average Bonchev–Trinajstić information content (AvgIpc) is 3.16. The van der Waals surface area contributed by atoms with Gasteiger partial charge in [-0.15, -0.1) is 11.8 Å². The monoisotopic (exact) mass is 805 g/mol. The van der Waals surface area contributed by atoms with Crippen molar-refractivity contribution in [3.8, 4) is 0 Å². The maximum Gasteiger partial charge on any atom is 0.336 e. The first-order chi connectivity index (χ1) is 26.3. The largest absolute Gasteiger partial charge is 0.478 e. The van der Waals surface area contributed by atoms with Gasteiger partial charge in [0.25, 0.3) is 0 Å². The summed E-state index contributed by atoms with van der Waals surface area (Å²) < 4.78 is 29.8. The fourth-order valence-electron chi connectivity index (χ4n) is 7.22. The van der Waals surface area contributed by atoms with E-state index in [9.17, 15) is 18.3 Å². The second-order valence-electron chi connectivity index (χ2n) is 15.5. The normalized spacial score (nSPS) is 11.9. The van der Waals surface area contributed by atoms with E-state index in [4.69, 9.17) is 11.6 Å². The summed E-state index contributed by atoms with van der Waals surface area (Å²) >= 11 is 7.52. The Balaban J connectivity index is 1.87. The first-order valence-electron chi connectivity index (χ1n) is 22.0. The summed E-state index contributed by atoms with van der Waals surface area (Å²) in [5.74, 6) is -0.580. The number of hydrogen-bond donors (Lipinski definition) is 1. The van der Waals surface area contributed by atoms with Crippen molar-refractivity contribution in [3.63, 3.8) is 0 Å². The van der Waals surface area contributed by atoms with Crippen LogP contribution in [0.2, 0.25) is 5.02 Å². The maximum atomic E-state index is 14.1. The van der Waals surface area contributed by atoms with Gasteiger partial charge in [0.15, 0.2) is 0 Å². The molecule has 0 fully saturated rings. The Bertz CT molecular complexity index is 1320. The highest BCUT2D eigenvalue weighted by molar-refractivity contribution is 7.98. The van der Waals surface area contributed by atoms with Crippen molar-refractivity contribution >= 4 is 39.4 Å². The number of thioether (sulfide) groups is 1. The molecule has 8 heteroatoms. The maximum absolute atomic E-state index is 14.1. The minimum absolute atomic E-state index is 0.0241. The molecule has 5 nitrogen and oxygen atoms in total. The highest BCUT2D eigenvalue weighted by Gasteiger charge is 2.26. The Kier molecular flexibility index (Phi) is 28.4. The molecule has 0 amide bonds. The molecule has 0 spiro atoms. The van der Waals surface area contributed by atoms with Gasteiger partial charge in [-0.2, -0.15) is 4.31 Å². The van der Waals surface area contributed by atoms with Crippen LogP contribution in [0.3, 0.4) is 0 Å². The second kappa shape index (κ2) is 31.5. The summed E-state index contributed by atoms with van der Waals surface area (Å²) in [6, 6.07) is 12.1. The van der Waals surface area contributed by atoms with Crippen molar-refractivity contribution in [3.05, 3.63) is 58.6 Å². The fraction of sp³-hybridized carbons (Fsp3) is 0.717. The van der Waals surface area contributed by atoms with Crippen LogP contribution in [-0.2, 0) is 15.8 Å². The van der Waals surface area contributed by atoms with Crippen LogP contribution in [0.25, 0.3) is 0 Å². The predicted molar refractivity (Wildman–Crippen MR) is 234 cm³/mol. The van der Waals surface area contributed by atoms with E-state index in [1.807, 2.05) is 18.2 Å². The summed E-state index contributed by atoms with van der Waals surface area (Å²) in [5, 5.41) is 10.7. The molecule has 0 unspecified atom stereocenters. The van der Waals surface area contributed by atoms with Crippen LogP contribution in [-0.4, -0.2) is 36.9 Å². The number of carboxylic acid groups (broad SMARTS) is 1. The van der Waals surface area contributed by atoms with E-state index in [0.29, 0.717) is 28.8 Å². The number of unbranched alkanes of at least 4 members (excludes halogenated alkanes) is 26. The number of benzene rings is 2. The van der Waals surface area contributed by atoms with E-state index in [1.165, 1.54) is 159 Å². The minimum atomic E-state index is -3.84. The lowest BCUT2D eigenvalue weighted by Gasteiger charge is -2.23. The first kappa shape index (κ1) is 48.6. The third-order valence-electron chi connectivity index (χ3n) is 10.6. The third kappa shape index (κ3) is 22.3. The van der Waals surface area contributed by atoms with E-state index in [0.717, 1.165) is 44.1 Å². The molecule has 54 heavy (non-hydrogen) atoms. The molecule has 0 aromatic heterocycles. The van der Waals surface area contributed by atoms with E-state index in [-0.39, 0.29) is 10.5 Å². The van der Waals surface area contributed by atoms with Gasteiger partial charge in [0.1, 0.15) is 0 Å². The van der Waals surface area contributed by atoms with Crippen molar-refractivity contribution in [2.75, 3.05) is 13.1 Å². The number of halogens is 1. The van der Waals surface area contributed by atoms with Crippen molar-refractivity contribution in [2.24, 2.45) is 0 Å². The molecule has 2 aromatic rings. The van der Waals surface area contributed by atoms with Gasteiger partial charge in [-0.05, 0) is 48.7 Å². The van der Waals surface area contributed by atoms with Gasteiger partial charge in [0.05, 0.1) is 10.5 Å². The lowest BCUT2D eigenvalue weighted by molar-refractivity contribution is 0.0692. The van der Waals surface area contributed by atoms with E-state index in [1.54, 1.807) is 22.5 Å². The molecule has 0 heterocycles. The molecule has 0 aliphatic heterocycles. The van der Waals surface area contributed by atoms with Gasteiger partial charge in [0.2, 0.25) is 10.0 Å². The minimum Gasteiger partial charge on any atom is -0.478 e. The molecular formula is C46H76ClNO4S2. The van der Waals surface area contributed by atoms with Crippen LogP contribution < -0.4 is 0 Å². The van der Waals surface area contributed by atoms with E-state index in [2.05, 4.69) is 13.8 Å². The third-order valence-corrected chi connectivity index (χ3v) is 13.9. The Morgan fingerprint density at radius 2 is 1.00 bits per heavy atom. The zero-order chi connectivity index (χ0) is 39.1. The molecule has 0 bridgehead atoms. The SMILES string of the molecule is CCCCCCCCCCCCCCCCN(CCCCCCCCCCCCCCCC)S(=O)(=O)c1ccc(SCc2cccc(Cl)c2)c(C(=O)O)c1. The van der Waals surface area contributed by atoms with Crippen LogP contribution in [0, 0.1) is 0 Å². The molecule has 0 saturated carbocycles. The van der Waals surface area contributed by atoms with E-state index >= 15 is 0 Å². The van der Waals surface area contributed by atoms with Gasteiger partial charge < -0.3 is 5.11 Å². The van der Waals surface area contributed by atoms with Crippen LogP contribution in [0.1, 0.15) is 210 Å². The lowest BCUT2D eigenvalue weighted by atomic mass is 10.0. The van der Waals surface area contributed by atoms with Crippen LogP contribution in [0.15, 0.2) is 52.3 Å². The zero-order valence-electron chi connectivity index (χ0n) is 34.3. The number of carbonyl (C=O) groups is 1. The van der Waals surface area contributed by atoms with Crippen molar-refractivity contribution in [2.45, 2.75) is 209 Å². The summed E-state index contributed by atoms with van der Waals surface area (Å²) in [5.41, 5.74) is 1.00. The zero-order valence-corrected chi connectivity index (χ0v) is 36.7. The highest BCUT2D eigenvalue weighted by atomic mass is 35.5. The quantitative estimate of drug-likeness (QED) is 0.0548. The van der Waals surface area contributed by atoms with Crippen LogP contribution in [0.5, 0.6) is 0 Å². The molecule has 308 valence electrons. The molecule has 0 aliphatic carbocycles. The summed E-state index contributed by atoms with van der Waals surface area (Å²) in [6.45, 7) is 5.49. The van der Waals surface area contributed by atoms with E-state index < -0.39 is 16.0 Å². The lowest BCUT2D eigenvalue weighted by Crippen LogP contribution is -2.33. The molecule has 2 aromatic carbocycles. The molecule has 0 atom stereocenters. The fourth-order valence-corrected chi connectivity index (χ4v) is 9.94. The molecule has 0 radical (unpaired) electrons. The molecule has 1 N–H and O–H groups in total. The molecular weight excluding hydrogens is 730 g/mol. The van der Waals surface area contributed by atoms with Gasteiger partial charge in [-0.3, -0.25) is 0 Å². The highest BCUT2D eigenvalue weighted by Crippen LogP contribution is 2.30. The topological polar surface area (TPSA) is 74.7 Å². The summed E-state index contributed by atoms with van der Waals surface area (Å²) in [7, 11) is -3.84. The van der Waals surface area contributed by atoms with Crippen LogP contribution in [0.4, 0.5) is 0 Å². The van der Waals surface area contributed by atoms with Gasteiger partial charge in [-0.1, -0.05) is 205 Å². The number of carboxylic acids is 1. The summed E-state index contributed by atoms with van der Waals surface area (Å²) in [6.07, 6.45) is 35.2. The molecule has 0 saturated heterocycles.